The van der Waals surface area contributed by atoms with Crippen molar-refractivity contribution in [1.82, 2.24) is 4.98 Å². The van der Waals surface area contributed by atoms with E-state index in [0.29, 0.717) is 5.56 Å². The Morgan fingerprint density at radius 3 is 2.68 bits per heavy atom. The minimum absolute atomic E-state index is 0.0240. The van der Waals surface area contributed by atoms with Gasteiger partial charge in [-0.15, -0.1) is 6.42 Å². The molecule has 1 N–H and O–H groups in total. The zero-order chi connectivity index (χ0) is 17.6. The van der Waals surface area contributed by atoms with Crippen LogP contribution in [0.25, 0.3) is 0 Å². The molecule has 1 amide bonds. The molecule has 1 fully saturated rings. The van der Waals surface area contributed by atoms with Crippen LogP contribution in [0.3, 0.4) is 0 Å². The molecule has 0 aliphatic carbocycles. The van der Waals surface area contributed by atoms with Gasteiger partial charge in [-0.25, -0.2) is 4.98 Å². The van der Waals surface area contributed by atoms with Gasteiger partial charge in [0.05, 0.1) is 5.56 Å². The molecule has 1 aliphatic heterocycles. The molecule has 3 rings (SSSR count). The molecule has 0 spiro atoms. The molecule has 5 heteroatoms. The van der Waals surface area contributed by atoms with E-state index in [1.165, 1.54) is 0 Å². The molecule has 5 nitrogen and oxygen atoms in total. The highest BCUT2D eigenvalue weighted by molar-refractivity contribution is 5.92. The Bertz CT molecular complexity index is 837. The maximum Gasteiger partial charge on any atom is 0.227 e. The van der Waals surface area contributed by atoms with Crippen molar-refractivity contribution >= 4 is 17.4 Å². The van der Waals surface area contributed by atoms with Crippen LogP contribution in [-0.2, 0) is 4.79 Å². The summed E-state index contributed by atoms with van der Waals surface area (Å²) in [7, 11) is 0. The number of hydrogen-bond acceptors (Lipinski definition) is 4. The monoisotopic (exact) mass is 330 g/mol. The highest BCUT2D eigenvalue weighted by Gasteiger charge is 2.25. The molecule has 1 saturated heterocycles. The number of piperidine rings is 1. The third-order valence-corrected chi connectivity index (χ3v) is 4.36. The van der Waals surface area contributed by atoms with Gasteiger partial charge in [-0.05, 0) is 43.2 Å². The van der Waals surface area contributed by atoms with Crippen LogP contribution in [0, 0.1) is 29.6 Å². The van der Waals surface area contributed by atoms with Gasteiger partial charge in [0.2, 0.25) is 5.91 Å². The highest BCUT2D eigenvalue weighted by atomic mass is 16.1. The standard InChI is InChI=1S/C20H18N4O/c1-2-15-4-3-5-18(12-15)23-20(25)17-8-10-24(11-9-17)19-7-6-16(13-21)14-22-19/h1,3-7,12,14,17H,8-11H2,(H,23,25). The lowest BCUT2D eigenvalue weighted by molar-refractivity contribution is -0.120. The van der Waals surface area contributed by atoms with Gasteiger partial charge in [0.25, 0.3) is 0 Å². The largest absolute Gasteiger partial charge is 0.357 e. The first kappa shape index (κ1) is 16.5. The summed E-state index contributed by atoms with van der Waals surface area (Å²) >= 11 is 0. The molecule has 124 valence electrons. The second-order valence-electron chi connectivity index (χ2n) is 5.99. The molecule has 2 aromatic rings. The summed E-state index contributed by atoms with van der Waals surface area (Å²) in [6.07, 6.45) is 8.50. The van der Waals surface area contributed by atoms with E-state index in [2.05, 4.69) is 27.2 Å². The van der Waals surface area contributed by atoms with Gasteiger partial charge < -0.3 is 10.2 Å². The normalized spacial score (nSPS) is 14.4. The molecule has 1 aromatic carbocycles. The van der Waals surface area contributed by atoms with Crippen LogP contribution < -0.4 is 10.2 Å². The molecule has 0 radical (unpaired) electrons. The summed E-state index contributed by atoms with van der Waals surface area (Å²) in [6.45, 7) is 1.53. The Labute approximate surface area is 147 Å². The van der Waals surface area contributed by atoms with E-state index in [0.717, 1.165) is 43.0 Å². The molecule has 1 aromatic heterocycles. The lowest BCUT2D eigenvalue weighted by atomic mass is 9.95. The number of carbonyl (C=O) groups is 1. The van der Waals surface area contributed by atoms with Crippen LogP contribution in [0.2, 0.25) is 0 Å². The Hall–Kier alpha value is -3.31. The predicted molar refractivity (Wildman–Crippen MR) is 96.9 cm³/mol. The third kappa shape index (κ3) is 3.97. The highest BCUT2D eigenvalue weighted by Crippen LogP contribution is 2.23. The lowest BCUT2D eigenvalue weighted by Crippen LogP contribution is -2.38. The maximum absolute atomic E-state index is 12.5. The number of nitrogens with one attached hydrogen (secondary N) is 1. The molecule has 2 heterocycles. The summed E-state index contributed by atoms with van der Waals surface area (Å²) < 4.78 is 0. The van der Waals surface area contributed by atoms with Gasteiger partial charge >= 0.3 is 0 Å². The topological polar surface area (TPSA) is 69.0 Å². The Morgan fingerprint density at radius 1 is 1.24 bits per heavy atom. The van der Waals surface area contributed by atoms with Crippen LogP contribution in [-0.4, -0.2) is 24.0 Å². The number of aromatic nitrogens is 1. The van der Waals surface area contributed by atoms with Gasteiger partial charge in [-0.2, -0.15) is 5.26 Å². The smallest absolute Gasteiger partial charge is 0.227 e. The molecular formula is C20H18N4O. The SMILES string of the molecule is C#Cc1cccc(NC(=O)C2CCN(c3ccc(C#N)cn3)CC2)c1. The number of carbonyl (C=O) groups excluding carboxylic acids is 1. The quantitative estimate of drug-likeness (QED) is 0.879. The van der Waals surface area contributed by atoms with Gasteiger partial charge in [0.1, 0.15) is 11.9 Å². The Morgan fingerprint density at radius 2 is 2.04 bits per heavy atom. The second kappa shape index (κ2) is 7.51. The van der Waals surface area contributed by atoms with Crippen molar-refractivity contribution in [2.24, 2.45) is 5.92 Å². The van der Waals surface area contributed by atoms with E-state index < -0.39 is 0 Å². The van der Waals surface area contributed by atoms with E-state index >= 15 is 0 Å². The predicted octanol–water partition coefficient (Wildman–Crippen LogP) is 2.79. The summed E-state index contributed by atoms with van der Waals surface area (Å²) in [6, 6.07) is 13.0. The number of pyridine rings is 1. The van der Waals surface area contributed by atoms with Crippen LogP contribution in [0.1, 0.15) is 24.0 Å². The zero-order valence-electron chi connectivity index (χ0n) is 13.8. The first-order valence-corrected chi connectivity index (χ1v) is 8.18. The molecule has 0 atom stereocenters. The van der Waals surface area contributed by atoms with Crippen LogP contribution in [0.5, 0.6) is 0 Å². The van der Waals surface area contributed by atoms with Gasteiger partial charge in [-0.3, -0.25) is 4.79 Å². The van der Waals surface area contributed by atoms with Gasteiger partial charge in [-0.1, -0.05) is 12.0 Å². The summed E-state index contributed by atoms with van der Waals surface area (Å²) in [5, 5.41) is 11.8. The molecule has 1 aliphatic rings. The molecule has 0 bridgehead atoms. The van der Waals surface area contributed by atoms with Crippen molar-refractivity contribution in [3.63, 3.8) is 0 Å². The number of hydrogen-bond donors (Lipinski definition) is 1. The fraction of sp³-hybridized carbons (Fsp3) is 0.250. The number of nitriles is 1. The van der Waals surface area contributed by atoms with Crippen LogP contribution >= 0.6 is 0 Å². The van der Waals surface area contributed by atoms with Gasteiger partial charge in [0, 0.05) is 36.5 Å². The average Bonchev–Trinajstić information content (AvgIpc) is 2.68. The summed E-state index contributed by atoms with van der Waals surface area (Å²) in [4.78, 5) is 18.9. The molecule has 0 saturated carbocycles. The van der Waals surface area contributed by atoms with Gasteiger partial charge in [0.15, 0.2) is 0 Å². The van der Waals surface area contributed by atoms with Crippen molar-refractivity contribution < 1.29 is 4.79 Å². The fourth-order valence-electron chi connectivity index (χ4n) is 2.94. The number of terminal acetylenes is 1. The van der Waals surface area contributed by atoms with E-state index in [-0.39, 0.29) is 11.8 Å². The average molecular weight is 330 g/mol. The van der Waals surface area contributed by atoms with Crippen molar-refractivity contribution in [3.8, 4) is 18.4 Å². The number of anilines is 2. The van der Waals surface area contributed by atoms with Crippen molar-refractivity contribution in [1.29, 1.82) is 5.26 Å². The third-order valence-electron chi connectivity index (χ3n) is 4.36. The first-order valence-electron chi connectivity index (χ1n) is 8.18. The zero-order valence-corrected chi connectivity index (χ0v) is 13.8. The molecule has 25 heavy (non-hydrogen) atoms. The number of rotatable bonds is 3. The minimum atomic E-state index is -0.0240. The van der Waals surface area contributed by atoms with E-state index in [1.54, 1.807) is 18.3 Å². The van der Waals surface area contributed by atoms with E-state index in [4.69, 9.17) is 11.7 Å². The lowest BCUT2D eigenvalue weighted by Gasteiger charge is -2.32. The number of nitrogens with zero attached hydrogens (tertiary/aromatic N) is 3. The number of amides is 1. The van der Waals surface area contributed by atoms with Crippen molar-refractivity contribution in [3.05, 3.63) is 53.7 Å². The van der Waals surface area contributed by atoms with Crippen LogP contribution in [0.4, 0.5) is 11.5 Å². The summed E-state index contributed by atoms with van der Waals surface area (Å²) in [5.41, 5.74) is 2.03. The molecular weight excluding hydrogens is 312 g/mol. The fourth-order valence-corrected chi connectivity index (χ4v) is 2.94. The first-order chi connectivity index (χ1) is 12.2. The second-order valence-corrected chi connectivity index (χ2v) is 5.99. The summed E-state index contributed by atoms with van der Waals surface area (Å²) in [5.74, 6) is 3.42. The van der Waals surface area contributed by atoms with Crippen molar-refractivity contribution in [2.75, 3.05) is 23.3 Å². The van der Waals surface area contributed by atoms with E-state index in [9.17, 15) is 4.79 Å². The molecule has 0 unspecified atom stereocenters. The number of benzene rings is 1. The Balaban J connectivity index is 1.57. The van der Waals surface area contributed by atoms with E-state index in [1.807, 2.05) is 24.3 Å². The van der Waals surface area contributed by atoms with Crippen molar-refractivity contribution in [2.45, 2.75) is 12.8 Å². The maximum atomic E-state index is 12.5. The van der Waals surface area contributed by atoms with Crippen LogP contribution in [0.15, 0.2) is 42.6 Å². The minimum Gasteiger partial charge on any atom is -0.357 e. The Kier molecular flexibility index (Phi) is 4.97.